The second kappa shape index (κ2) is 6.45. The molecule has 1 aromatic rings. The van der Waals surface area contributed by atoms with Crippen molar-refractivity contribution in [1.82, 2.24) is 14.8 Å². The molecule has 2 heterocycles. The molecule has 1 aromatic heterocycles. The highest BCUT2D eigenvalue weighted by Crippen LogP contribution is 2.19. The number of thiazole rings is 1. The number of amides is 1. The molecule has 0 aliphatic carbocycles. The standard InChI is InChI=1S/C13H21N3O2S/c1-10(12-14-4-7-19-12)8-16(3)13(17)11-9-15(2)5-6-18-11/h4,7,10-11H,5-6,8-9H2,1-3H3/t10-,11+/m1/s1. The van der Waals surface area contributed by atoms with E-state index in [0.717, 1.165) is 11.6 Å². The number of carbonyl (C=O) groups is 1. The second-order valence-corrected chi connectivity index (χ2v) is 6.04. The van der Waals surface area contributed by atoms with Crippen molar-refractivity contribution in [2.24, 2.45) is 0 Å². The van der Waals surface area contributed by atoms with Crippen molar-refractivity contribution in [3.8, 4) is 0 Å². The van der Waals surface area contributed by atoms with Gasteiger partial charge in [0.15, 0.2) is 0 Å². The first-order valence-corrected chi connectivity index (χ1v) is 7.40. The summed E-state index contributed by atoms with van der Waals surface area (Å²) >= 11 is 1.63. The van der Waals surface area contributed by atoms with Crippen LogP contribution in [0.4, 0.5) is 0 Å². The van der Waals surface area contributed by atoms with Gasteiger partial charge in [-0.1, -0.05) is 6.92 Å². The van der Waals surface area contributed by atoms with Crippen molar-refractivity contribution >= 4 is 17.2 Å². The molecule has 0 saturated carbocycles. The number of aromatic nitrogens is 1. The van der Waals surface area contributed by atoms with Gasteiger partial charge in [0, 0.05) is 44.2 Å². The lowest BCUT2D eigenvalue weighted by molar-refractivity contribution is -0.147. The molecule has 1 aliphatic heterocycles. The minimum atomic E-state index is -0.327. The lowest BCUT2D eigenvalue weighted by Gasteiger charge is -2.32. The monoisotopic (exact) mass is 283 g/mol. The summed E-state index contributed by atoms with van der Waals surface area (Å²) in [6.07, 6.45) is 1.48. The van der Waals surface area contributed by atoms with Crippen LogP contribution >= 0.6 is 11.3 Å². The quantitative estimate of drug-likeness (QED) is 0.828. The highest BCUT2D eigenvalue weighted by atomic mass is 32.1. The van der Waals surface area contributed by atoms with Crippen LogP contribution in [0.3, 0.4) is 0 Å². The number of hydrogen-bond donors (Lipinski definition) is 0. The summed E-state index contributed by atoms with van der Waals surface area (Å²) in [6, 6.07) is 0. The average Bonchev–Trinajstić information content (AvgIpc) is 2.91. The Hall–Kier alpha value is -0.980. The van der Waals surface area contributed by atoms with E-state index < -0.39 is 0 Å². The van der Waals surface area contributed by atoms with Gasteiger partial charge in [-0.15, -0.1) is 11.3 Å². The number of hydrogen-bond acceptors (Lipinski definition) is 5. The first kappa shape index (κ1) is 14.4. The van der Waals surface area contributed by atoms with Gasteiger partial charge in [-0.05, 0) is 7.05 Å². The zero-order valence-corrected chi connectivity index (χ0v) is 12.5. The molecule has 1 aliphatic rings. The molecule has 2 atom stereocenters. The molecule has 0 bridgehead atoms. The highest BCUT2D eigenvalue weighted by molar-refractivity contribution is 7.09. The van der Waals surface area contributed by atoms with Crippen molar-refractivity contribution < 1.29 is 9.53 Å². The smallest absolute Gasteiger partial charge is 0.252 e. The molecule has 0 N–H and O–H groups in total. The normalized spacial score (nSPS) is 22.2. The first-order valence-electron chi connectivity index (χ1n) is 6.52. The molecule has 19 heavy (non-hydrogen) atoms. The third-order valence-electron chi connectivity index (χ3n) is 3.34. The van der Waals surface area contributed by atoms with E-state index in [1.807, 2.05) is 19.5 Å². The van der Waals surface area contributed by atoms with Crippen molar-refractivity contribution in [2.45, 2.75) is 18.9 Å². The molecular formula is C13H21N3O2S. The first-order chi connectivity index (χ1) is 9.08. The lowest BCUT2D eigenvalue weighted by Crippen LogP contribution is -2.49. The van der Waals surface area contributed by atoms with Crippen LogP contribution in [-0.4, -0.2) is 67.1 Å². The predicted molar refractivity (Wildman–Crippen MR) is 75.4 cm³/mol. The van der Waals surface area contributed by atoms with Gasteiger partial charge in [0.05, 0.1) is 11.6 Å². The lowest BCUT2D eigenvalue weighted by atomic mass is 10.1. The van der Waals surface area contributed by atoms with Crippen LogP contribution in [0.5, 0.6) is 0 Å². The minimum absolute atomic E-state index is 0.0648. The average molecular weight is 283 g/mol. The van der Waals surface area contributed by atoms with E-state index in [2.05, 4.69) is 16.8 Å². The van der Waals surface area contributed by atoms with Crippen molar-refractivity contribution in [3.05, 3.63) is 16.6 Å². The molecule has 0 unspecified atom stereocenters. The summed E-state index contributed by atoms with van der Waals surface area (Å²) in [6.45, 7) is 4.97. The Kier molecular flexibility index (Phi) is 4.90. The maximum absolute atomic E-state index is 12.3. The molecule has 1 amide bonds. The maximum atomic E-state index is 12.3. The van der Waals surface area contributed by atoms with Crippen LogP contribution in [0.2, 0.25) is 0 Å². The molecule has 1 saturated heterocycles. The molecule has 0 radical (unpaired) electrons. The third kappa shape index (κ3) is 3.75. The Morgan fingerprint density at radius 1 is 1.74 bits per heavy atom. The van der Waals surface area contributed by atoms with Gasteiger partial charge in [-0.2, -0.15) is 0 Å². The summed E-state index contributed by atoms with van der Waals surface area (Å²) in [5.74, 6) is 0.324. The van der Waals surface area contributed by atoms with Gasteiger partial charge in [0.1, 0.15) is 6.10 Å². The number of nitrogens with zero attached hydrogens (tertiary/aromatic N) is 3. The van der Waals surface area contributed by atoms with Gasteiger partial charge in [0.25, 0.3) is 5.91 Å². The van der Waals surface area contributed by atoms with Crippen molar-refractivity contribution in [2.75, 3.05) is 40.3 Å². The Morgan fingerprint density at radius 2 is 2.53 bits per heavy atom. The van der Waals surface area contributed by atoms with E-state index in [1.54, 1.807) is 22.4 Å². The van der Waals surface area contributed by atoms with Crippen molar-refractivity contribution in [3.63, 3.8) is 0 Å². The van der Waals surface area contributed by atoms with Gasteiger partial charge in [-0.3, -0.25) is 4.79 Å². The Balaban J connectivity index is 1.88. The summed E-state index contributed by atoms with van der Waals surface area (Å²) in [7, 11) is 3.85. The van der Waals surface area contributed by atoms with E-state index in [4.69, 9.17) is 4.74 Å². The zero-order chi connectivity index (χ0) is 13.8. The Bertz CT molecular complexity index is 410. The highest BCUT2D eigenvalue weighted by Gasteiger charge is 2.28. The number of morpholine rings is 1. The fourth-order valence-electron chi connectivity index (χ4n) is 2.23. The molecule has 0 aromatic carbocycles. The van der Waals surface area contributed by atoms with E-state index in [9.17, 15) is 4.79 Å². The zero-order valence-electron chi connectivity index (χ0n) is 11.7. The number of rotatable bonds is 4. The third-order valence-corrected chi connectivity index (χ3v) is 4.35. The Labute approximate surface area is 118 Å². The maximum Gasteiger partial charge on any atom is 0.252 e. The molecule has 1 fully saturated rings. The van der Waals surface area contributed by atoms with Gasteiger partial charge in [-0.25, -0.2) is 4.98 Å². The van der Waals surface area contributed by atoms with Crippen LogP contribution in [0, 0.1) is 0 Å². The minimum Gasteiger partial charge on any atom is -0.366 e. The summed E-state index contributed by atoms with van der Waals surface area (Å²) in [5, 5.41) is 3.04. The number of likely N-dealkylation sites (N-methyl/N-ethyl adjacent to an activating group) is 2. The van der Waals surface area contributed by atoms with Crippen LogP contribution in [0.1, 0.15) is 17.8 Å². The molecule has 106 valence electrons. The predicted octanol–water partition coefficient (Wildman–Crippen LogP) is 1.04. The largest absolute Gasteiger partial charge is 0.366 e. The number of carbonyl (C=O) groups excluding carboxylic acids is 1. The molecule has 0 spiro atoms. The molecular weight excluding hydrogens is 262 g/mol. The Morgan fingerprint density at radius 3 is 3.16 bits per heavy atom. The van der Waals surface area contributed by atoms with Crippen LogP contribution in [-0.2, 0) is 9.53 Å². The van der Waals surface area contributed by atoms with Crippen LogP contribution in [0.25, 0.3) is 0 Å². The van der Waals surface area contributed by atoms with Crippen LogP contribution < -0.4 is 0 Å². The van der Waals surface area contributed by atoms with E-state index in [1.165, 1.54) is 0 Å². The molecule has 2 rings (SSSR count). The van der Waals surface area contributed by atoms with E-state index >= 15 is 0 Å². The van der Waals surface area contributed by atoms with E-state index in [-0.39, 0.29) is 17.9 Å². The van der Waals surface area contributed by atoms with Gasteiger partial charge >= 0.3 is 0 Å². The molecule has 5 nitrogen and oxygen atoms in total. The second-order valence-electron chi connectivity index (χ2n) is 5.11. The summed E-state index contributed by atoms with van der Waals surface area (Å²) in [4.78, 5) is 20.5. The fraction of sp³-hybridized carbons (Fsp3) is 0.692. The summed E-state index contributed by atoms with van der Waals surface area (Å²) in [5.41, 5.74) is 0. The van der Waals surface area contributed by atoms with Gasteiger partial charge in [0.2, 0.25) is 0 Å². The van der Waals surface area contributed by atoms with Crippen molar-refractivity contribution in [1.29, 1.82) is 0 Å². The van der Waals surface area contributed by atoms with Crippen LogP contribution in [0.15, 0.2) is 11.6 Å². The summed E-state index contributed by atoms with van der Waals surface area (Å²) < 4.78 is 5.56. The molecule has 6 heteroatoms. The topological polar surface area (TPSA) is 45.7 Å². The fourth-order valence-corrected chi connectivity index (χ4v) is 2.92. The SMILES string of the molecule is C[C@H](CN(C)C(=O)[C@@H]1CN(C)CCO1)c1nccs1. The van der Waals surface area contributed by atoms with E-state index in [0.29, 0.717) is 19.7 Å². The number of ether oxygens (including phenoxy) is 1. The van der Waals surface area contributed by atoms with Gasteiger partial charge < -0.3 is 14.5 Å².